The summed E-state index contributed by atoms with van der Waals surface area (Å²) in [4.78, 5) is 11.4. The fraction of sp³-hybridized carbons (Fsp3) is 0.364. The fourth-order valence-electron chi connectivity index (χ4n) is 1.55. The third-order valence-corrected chi connectivity index (χ3v) is 3.11. The number of rotatable bonds is 4. The number of primary amides is 1. The van der Waals surface area contributed by atoms with E-state index < -0.39 is 11.9 Å². The van der Waals surface area contributed by atoms with Gasteiger partial charge in [0.15, 0.2) is 0 Å². The van der Waals surface area contributed by atoms with Gasteiger partial charge < -0.3 is 5.73 Å². The molecule has 1 aliphatic carbocycles. The van der Waals surface area contributed by atoms with Crippen LogP contribution in [0.25, 0.3) is 0 Å². The van der Waals surface area contributed by atoms with E-state index in [1.54, 1.807) is 18.2 Å². The molecule has 2 rings (SSSR count). The highest BCUT2D eigenvalue weighted by atomic mass is 35.5. The normalized spacial score (nSPS) is 17.1. The van der Waals surface area contributed by atoms with Crippen molar-refractivity contribution in [1.29, 1.82) is 0 Å². The lowest BCUT2D eigenvalue weighted by molar-refractivity contribution is -0.120. The second-order valence-corrected chi connectivity index (χ2v) is 4.79. The van der Waals surface area contributed by atoms with Gasteiger partial charge in [-0.25, -0.2) is 0 Å². The van der Waals surface area contributed by atoms with Gasteiger partial charge in [0, 0.05) is 16.1 Å². The lowest BCUT2D eigenvalue weighted by atomic mass is 10.1. The number of halogens is 2. The van der Waals surface area contributed by atoms with Crippen molar-refractivity contribution in [2.24, 2.45) is 5.73 Å². The van der Waals surface area contributed by atoms with Gasteiger partial charge in [-0.2, -0.15) is 0 Å². The number of hydrogen-bond donors (Lipinski definition) is 2. The van der Waals surface area contributed by atoms with Crippen LogP contribution in [0.3, 0.4) is 0 Å². The largest absolute Gasteiger partial charge is 0.368 e. The van der Waals surface area contributed by atoms with Crippen LogP contribution in [0.2, 0.25) is 10.0 Å². The van der Waals surface area contributed by atoms with Crippen molar-refractivity contribution in [3.63, 3.8) is 0 Å². The summed E-state index contributed by atoms with van der Waals surface area (Å²) >= 11 is 11.9. The third-order valence-electron chi connectivity index (χ3n) is 2.53. The number of amides is 1. The third kappa shape index (κ3) is 2.67. The Kier molecular flexibility index (Phi) is 3.38. The quantitative estimate of drug-likeness (QED) is 0.871. The molecular weight excluding hydrogens is 247 g/mol. The number of carbonyl (C=O) groups excluding carboxylic acids is 1. The molecule has 1 aliphatic rings. The highest BCUT2D eigenvalue weighted by Gasteiger charge is 2.29. The average molecular weight is 259 g/mol. The van der Waals surface area contributed by atoms with E-state index in [-0.39, 0.29) is 0 Å². The van der Waals surface area contributed by atoms with Gasteiger partial charge in [0.1, 0.15) is 6.04 Å². The minimum Gasteiger partial charge on any atom is -0.368 e. The molecule has 16 heavy (non-hydrogen) atoms. The molecule has 3 N–H and O–H groups in total. The Hall–Kier alpha value is -0.770. The minimum absolute atomic E-state index is 0.368. The van der Waals surface area contributed by atoms with Gasteiger partial charge in [-0.3, -0.25) is 10.1 Å². The Bertz CT molecular complexity index is 418. The molecule has 1 unspecified atom stereocenters. The molecule has 86 valence electrons. The van der Waals surface area contributed by atoms with Gasteiger partial charge >= 0.3 is 0 Å². The lowest BCUT2D eigenvalue weighted by Crippen LogP contribution is -2.35. The van der Waals surface area contributed by atoms with Crippen LogP contribution in [0.5, 0.6) is 0 Å². The lowest BCUT2D eigenvalue weighted by Gasteiger charge is -2.17. The predicted octanol–water partition coefficient (Wildman–Crippen LogP) is 2.27. The molecule has 1 aromatic carbocycles. The van der Waals surface area contributed by atoms with Crippen LogP contribution < -0.4 is 11.1 Å². The first-order chi connectivity index (χ1) is 7.58. The predicted molar refractivity (Wildman–Crippen MR) is 64.6 cm³/mol. The first-order valence-corrected chi connectivity index (χ1v) is 5.84. The Labute approximate surface area is 104 Å². The Morgan fingerprint density at radius 2 is 2.12 bits per heavy atom. The number of benzene rings is 1. The molecule has 0 radical (unpaired) electrons. The van der Waals surface area contributed by atoms with E-state index in [9.17, 15) is 4.79 Å². The monoisotopic (exact) mass is 258 g/mol. The van der Waals surface area contributed by atoms with Crippen molar-refractivity contribution in [3.05, 3.63) is 33.8 Å². The van der Waals surface area contributed by atoms with Gasteiger partial charge in [-0.1, -0.05) is 23.2 Å². The Morgan fingerprint density at radius 3 is 2.69 bits per heavy atom. The van der Waals surface area contributed by atoms with E-state index in [0.717, 1.165) is 12.8 Å². The molecule has 0 spiro atoms. The van der Waals surface area contributed by atoms with Gasteiger partial charge in [0.05, 0.1) is 0 Å². The molecule has 5 heteroatoms. The average Bonchev–Trinajstić information content (AvgIpc) is 3.02. The molecule has 0 saturated heterocycles. The van der Waals surface area contributed by atoms with Crippen LogP contribution in [-0.2, 0) is 4.79 Å². The van der Waals surface area contributed by atoms with Crippen LogP contribution >= 0.6 is 23.2 Å². The van der Waals surface area contributed by atoms with E-state index in [0.29, 0.717) is 21.7 Å². The second kappa shape index (κ2) is 4.62. The van der Waals surface area contributed by atoms with Crippen LogP contribution in [0.15, 0.2) is 18.2 Å². The molecule has 1 atom stereocenters. The number of carbonyl (C=O) groups is 1. The number of nitrogens with one attached hydrogen (secondary N) is 1. The van der Waals surface area contributed by atoms with Crippen molar-refractivity contribution in [3.8, 4) is 0 Å². The highest BCUT2D eigenvalue weighted by molar-refractivity contribution is 6.33. The van der Waals surface area contributed by atoms with Crippen molar-refractivity contribution >= 4 is 29.1 Å². The highest BCUT2D eigenvalue weighted by Crippen LogP contribution is 2.29. The van der Waals surface area contributed by atoms with Crippen LogP contribution in [0.1, 0.15) is 24.4 Å². The molecule has 0 heterocycles. The Balaban J connectivity index is 2.29. The molecule has 1 amide bonds. The van der Waals surface area contributed by atoms with Gasteiger partial charge in [0.2, 0.25) is 5.91 Å². The van der Waals surface area contributed by atoms with E-state index in [1.807, 2.05) is 0 Å². The molecule has 1 saturated carbocycles. The summed E-state index contributed by atoms with van der Waals surface area (Å²) in [6, 6.07) is 4.84. The van der Waals surface area contributed by atoms with Gasteiger partial charge in [-0.15, -0.1) is 0 Å². The summed E-state index contributed by atoms with van der Waals surface area (Å²) in [6.45, 7) is 0. The molecule has 0 aliphatic heterocycles. The zero-order valence-electron chi connectivity index (χ0n) is 8.54. The Morgan fingerprint density at radius 1 is 1.44 bits per heavy atom. The maximum atomic E-state index is 11.4. The van der Waals surface area contributed by atoms with Crippen LogP contribution in [0.4, 0.5) is 0 Å². The molecule has 3 nitrogen and oxygen atoms in total. The maximum Gasteiger partial charge on any atom is 0.239 e. The van der Waals surface area contributed by atoms with Gasteiger partial charge in [-0.05, 0) is 36.6 Å². The first-order valence-electron chi connectivity index (χ1n) is 5.08. The summed E-state index contributed by atoms with van der Waals surface area (Å²) in [7, 11) is 0. The van der Waals surface area contributed by atoms with E-state index >= 15 is 0 Å². The molecule has 0 aromatic heterocycles. The number of nitrogens with two attached hydrogens (primary N) is 1. The minimum atomic E-state index is -0.557. The summed E-state index contributed by atoms with van der Waals surface area (Å²) < 4.78 is 0. The summed E-state index contributed by atoms with van der Waals surface area (Å²) in [5, 5.41) is 4.20. The first kappa shape index (κ1) is 11.7. The standard InChI is InChI=1S/C11H12Cl2N2O/c12-6-1-4-9(13)8(5-6)10(11(14)16)15-7-2-3-7/h1,4-5,7,10,15H,2-3H2,(H2,14,16). The topological polar surface area (TPSA) is 55.1 Å². The van der Waals surface area contributed by atoms with E-state index in [1.165, 1.54) is 0 Å². The van der Waals surface area contributed by atoms with Crippen LogP contribution in [-0.4, -0.2) is 11.9 Å². The number of hydrogen-bond acceptors (Lipinski definition) is 2. The van der Waals surface area contributed by atoms with Crippen LogP contribution in [0, 0.1) is 0 Å². The zero-order valence-corrected chi connectivity index (χ0v) is 10.1. The van der Waals surface area contributed by atoms with Crippen molar-refractivity contribution in [2.75, 3.05) is 0 Å². The molecule has 1 aromatic rings. The molecule has 0 bridgehead atoms. The maximum absolute atomic E-state index is 11.4. The van der Waals surface area contributed by atoms with Crippen molar-refractivity contribution in [1.82, 2.24) is 5.32 Å². The van der Waals surface area contributed by atoms with Gasteiger partial charge in [0.25, 0.3) is 0 Å². The summed E-state index contributed by atoms with van der Waals surface area (Å²) in [5.74, 6) is -0.434. The summed E-state index contributed by atoms with van der Waals surface area (Å²) in [6.07, 6.45) is 2.14. The molecule has 1 fully saturated rings. The van der Waals surface area contributed by atoms with E-state index in [4.69, 9.17) is 28.9 Å². The zero-order chi connectivity index (χ0) is 11.7. The summed E-state index contributed by atoms with van der Waals surface area (Å²) in [5.41, 5.74) is 6.01. The second-order valence-electron chi connectivity index (χ2n) is 3.94. The molecular formula is C11H12Cl2N2O. The van der Waals surface area contributed by atoms with E-state index in [2.05, 4.69) is 5.32 Å². The smallest absolute Gasteiger partial charge is 0.239 e. The SMILES string of the molecule is NC(=O)C(NC1CC1)c1cc(Cl)ccc1Cl. The fourth-order valence-corrected chi connectivity index (χ4v) is 1.95. The van der Waals surface area contributed by atoms with Crippen molar-refractivity contribution in [2.45, 2.75) is 24.9 Å². The van der Waals surface area contributed by atoms with Crippen molar-refractivity contribution < 1.29 is 4.79 Å².